The normalized spacial score (nSPS) is 12.1. The molecule has 1 heterocycles. The lowest BCUT2D eigenvalue weighted by molar-refractivity contribution is -0.137. The van der Waals surface area contributed by atoms with Crippen molar-refractivity contribution in [3.05, 3.63) is 93.4 Å². The Hall–Kier alpha value is -4.07. The molecule has 8 nitrogen and oxygen atoms in total. The quantitative estimate of drug-likeness (QED) is 0.398. The van der Waals surface area contributed by atoms with Gasteiger partial charge in [0.1, 0.15) is 5.75 Å². The monoisotopic (exact) mass is 477 g/mol. The third-order valence-electron chi connectivity index (χ3n) is 5.72. The van der Waals surface area contributed by atoms with Gasteiger partial charge in [0.25, 0.3) is 5.56 Å². The molecule has 1 aromatic heterocycles. The number of pyridine rings is 1. The van der Waals surface area contributed by atoms with Crippen LogP contribution in [0.4, 0.5) is 10.5 Å². The Bertz CT molecular complexity index is 1260. The Kier molecular flexibility index (Phi) is 7.64. The van der Waals surface area contributed by atoms with E-state index in [1.807, 2.05) is 43.3 Å². The Labute approximate surface area is 204 Å². The van der Waals surface area contributed by atoms with Gasteiger partial charge in [-0.25, -0.2) is 4.79 Å². The average molecular weight is 478 g/mol. The van der Waals surface area contributed by atoms with Crippen LogP contribution < -0.4 is 16.2 Å². The van der Waals surface area contributed by atoms with Crippen LogP contribution in [-0.2, 0) is 16.8 Å². The summed E-state index contributed by atoms with van der Waals surface area (Å²) in [4.78, 5) is 37.0. The van der Waals surface area contributed by atoms with E-state index < -0.39 is 23.6 Å². The smallest absolute Gasteiger partial charge is 0.319 e. The van der Waals surface area contributed by atoms with Crippen molar-refractivity contribution in [2.24, 2.45) is 0 Å². The van der Waals surface area contributed by atoms with Gasteiger partial charge in [-0.05, 0) is 35.1 Å². The highest BCUT2D eigenvalue weighted by molar-refractivity contribution is 5.91. The highest BCUT2D eigenvalue weighted by Gasteiger charge is 2.20. The molecule has 2 amide bonds. The first-order valence-corrected chi connectivity index (χ1v) is 11.3. The van der Waals surface area contributed by atoms with Crippen molar-refractivity contribution in [2.45, 2.75) is 52.1 Å². The van der Waals surface area contributed by atoms with E-state index in [1.165, 1.54) is 22.4 Å². The maximum absolute atomic E-state index is 13.0. The summed E-state index contributed by atoms with van der Waals surface area (Å²) in [5.41, 5.74) is 2.82. The number of urea groups is 1. The van der Waals surface area contributed by atoms with Crippen LogP contribution in [0.15, 0.2) is 65.6 Å². The second-order valence-electron chi connectivity index (χ2n) is 9.62. The molecule has 8 heteroatoms. The van der Waals surface area contributed by atoms with Gasteiger partial charge in [-0.15, -0.1) is 0 Å². The van der Waals surface area contributed by atoms with Crippen molar-refractivity contribution < 1.29 is 19.8 Å². The van der Waals surface area contributed by atoms with Crippen LogP contribution in [-0.4, -0.2) is 26.8 Å². The standard InChI is InChI=1S/C27H31N3O5/c1-17-5-9-19(10-6-17)21(15-23(32)33)28-26(35)29-24-22(31)13-14-30(25(24)34)16-18-7-11-20(12-8-18)27(2,3)4/h5-14,21,31H,15-16H2,1-4H3,(H,32,33)(H2,28,29,35)/t21-/m0/s1. The molecule has 0 aliphatic rings. The average Bonchev–Trinajstić information content (AvgIpc) is 2.78. The molecule has 0 saturated carbocycles. The second-order valence-corrected chi connectivity index (χ2v) is 9.62. The van der Waals surface area contributed by atoms with E-state index in [1.54, 1.807) is 12.1 Å². The van der Waals surface area contributed by atoms with E-state index in [0.717, 1.165) is 11.1 Å². The summed E-state index contributed by atoms with van der Waals surface area (Å²) >= 11 is 0. The minimum Gasteiger partial charge on any atom is -0.505 e. The molecule has 0 bridgehead atoms. The van der Waals surface area contributed by atoms with Gasteiger partial charge in [0.2, 0.25) is 0 Å². The van der Waals surface area contributed by atoms with Crippen molar-refractivity contribution >= 4 is 17.7 Å². The number of rotatable bonds is 7. The Balaban J connectivity index is 1.78. The number of aryl methyl sites for hydroxylation is 1. The number of aromatic nitrogens is 1. The van der Waals surface area contributed by atoms with Gasteiger partial charge in [-0.2, -0.15) is 0 Å². The number of hydrogen-bond acceptors (Lipinski definition) is 4. The largest absolute Gasteiger partial charge is 0.505 e. The molecule has 4 N–H and O–H groups in total. The fourth-order valence-corrected chi connectivity index (χ4v) is 3.65. The highest BCUT2D eigenvalue weighted by Crippen LogP contribution is 2.23. The SMILES string of the molecule is Cc1ccc([C@H](CC(=O)O)NC(=O)Nc2c(O)ccn(Cc3ccc(C(C)(C)C)cc3)c2=O)cc1. The lowest BCUT2D eigenvalue weighted by atomic mass is 9.87. The number of aliphatic carboxylic acids is 1. The molecule has 1 atom stereocenters. The number of carboxylic acids is 1. The van der Waals surface area contributed by atoms with Crippen LogP contribution in [0.25, 0.3) is 0 Å². The summed E-state index contributed by atoms with van der Waals surface area (Å²) in [6, 6.07) is 14.7. The zero-order valence-electron chi connectivity index (χ0n) is 20.3. The number of nitrogens with zero attached hydrogens (tertiary/aromatic N) is 1. The fraction of sp³-hybridized carbons (Fsp3) is 0.296. The van der Waals surface area contributed by atoms with Crippen LogP contribution in [0.1, 0.15) is 55.5 Å². The highest BCUT2D eigenvalue weighted by atomic mass is 16.4. The molecule has 0 aliphatic carbocycles. The number of anilines is 1. The molecule has 0 unspecified atom stereocenters. The number of carboxylic acid groups (broad SMARTS) is 1. The first-order chi connectivity index (χ1) is 16.4. The van der Waals surface area contributed by atoms with Crippen molar-refractivity contribution in [3.8, 4) is 5.75 Å². The maximum atomic E-state index is 13.0. The van der Waals surface area contributed by atoms with Crippen molar-refractivity contribution in [3.63, 3.8) is 0 Å². The Morgan fingerprint density at radius 2 is 1.63 bits per heavy atom. The van der Waals surface area contributed by atoms with Gasteiger partial charge in [-0.3, -0.25) is 9.59 Å². The third-order valence-corrected chi connectivity index (χ3v) is 5.72. The summed E-state index contributed by atoms with van der Waals surface area (Å²) < 4.78 is 1.39. The van der Waals surface area contributed by atoms with E-state index in [-0.39, 0.29) is 29.8 Å². The van der Waals surface area contributed by atoms with Gasteiger partial charge >= 0.3 is 12.0 Å². The summed E-state index contributed by atoms with van der Waals surface area (Å²) in [6.45, 7) is 8.52. The van der Waals surface area contributed by atoms with Crippen molar-refractivity contribution in [1.82, 2.24) is 9.88 Å². The fourth-order valence-electron chi connectivity index (χ4n) is 3.65. The number of carbonyl (C=O) groups excluding carboxylic acids is 1. The second kappa shape index (κ2) is 10.5. The zero-order chi connectivity index (χ0) is 25.8. The molecule has 3 rings (SSSR count). The molecule has 0 radical (unpaired) electrons. The van der Waals surface area contributed by atoms with E-state index in [2.05, 4.69) is 31.4 Å². The number of carbonyl (C=O) groups is 2. The molecule has 0 saturated heterocycles. The van der Waals surface area contributed by atoms with E-state index >= 15 is 0 Å². The van der Waals surface area contributed by atoms with Crippen LogP contribution in [0, 0.1) is 6.92 Å². The minimum absolute atomic E-state index is 0.00936. The molecule has 35 heavy (non-hydrogen) atoms. The lowest BCUT2D eigenvalue weighted by Gasteiger charge is -2.19. The molecule has 0 spiro atoms. The predicted octanol–water partition coefficient (Wildman–Crippen LogP) is 4.55. The molecule has 0 fully saturated rings. The number of benzene rings is 2. The van der Waals surface area contributed by atoms with E-state index in [9.17, 15) is 24.6 Å². The molecule has 3 aromatic rings. The van der Waals surface area contributed by atoms with Gasteiger partial charge in [-0.1, -0.05) is 74.9 Å². The van der Waals surface area contributed by atoms with Crippen molar-refractivity contribution in [2.75, 3.05) is 5.32 Å². The lowest BCUT2D eigenvalue weighted by Crippen LogP contribution is -2.36. The number of hydrogen-bond donors (Lipinski definition) is 4. The number of amides is 2. The van der Waals surface area contributed by atoms with Crippen LogP contribution >= 0.6 is 0 Å². The first-order valence-electron chi connectivity index (χ1n) is 11.3. The van der Waals surface area contributed by atoms with Gasteiger partial charge in [0, 0.05) is 6.20 Å². The van der Waals surface area contributed by atoms with Gasteiger partial charge < -0.3 is 25.4 Å². The van der Waals surface area contributed by atoms with Crippen LogP contribution in [0.2, 0.25) is 0 Å². The van der Waals surface area contributed by atoms with Gasteiger partial charge in [0.15, 0.2) is 5.69 Å². The van der Waals surface area contributed by atoms with E-state index in [0.29, 0.717) is 5.56 Å². The number of aromatic hydroxyl groups is 1. The minimum atomic E-state index is -1.08. The van der Waals surface area contributed by atoms with E-state index in [4.69, 9.17) is 0 Å². The van der Waals surface area contributed by atoms with Crippen LogP contribution in [0.5, 0.6) is 5.75 Å². The molecule has 2 aromatic carbocycles. The summed E-state index contributed by atoms with van der Waals surface area (Å²) in [7, 11) is 0. The molecule has 0 aliphatic heterocycles. The molecular formula is C27H31N3O5. The summed E-state index contributed by atoms with van der Waals surface area (Å²) in [5.74, 6) is -1.46. The van der Waals surface area contributed by atoms with Crippen LogP contribution in [0.3, 0.4) is 0 Å². The Morgan fingerprint density at radius 3 is 2.20 bits per heavy atom. The third kappa shape index (κ3) is 6.72. The van der Waals surface area contributed by atoms with Crippen molar-refractivity contribution in [1.29, 1.82) is 0 Å². The first kappa shape index (κ1) is 25.6. The number of nitrogens with one attached hydrogen (secondary N) is 2. The van der Waals surface area contributed by atoms with Gasteiger partial charge in [0.05, 0.1) is 19.0 Å². The maximum Gasteiger partial charge on any atom is 0.319 e. The predicted molar refractivity (Wildman–Crippen MR) is 135 cm³/mol. The Morgan fingerprint density at radius 1 is 1.00 bits per heavy atom. The molecular weight excluding hydrogens is 446 g/mol. The molecule has 184 valence electrons. The summed E-state index contributed by atoms with van der Waals surface area (Å²) in [5, 5.41) is 24.5. The zero-order valence-corrected chi connectivity index (χ0v) is 20.3. The topological polar surface area (TPSA) is 121 Å². The summed E-state index contributed by atoms with van der Waals surface area (Å²) in [6.07, 6.45) is 1.12.